The Hall–Kier alpha value is 1.61. The molecule has 0 aromatic carbocycles. The third-order valence-corrected chi connectivity index (χ3v) is 6.14. The van der Waals surface area contributed by atoms with Crippen molar-refractivity contribution < 1.29 is 9.47 Å². The Balaban J connectivity index is 2.04. The molecule has 3 unspecified atom stereocenters. The maximum Gasteiger partial charge on any atom is 0.157 e. The van der Waals surface area contributed by atoms with E-state index in [1.807, 2.05) is 0 Å². The van der Waals surface area contributed by atoms with Gasteiger partial charge in [-0.05, 0) is 32.1 Å². The van der Waals surface area contributed by atoms with Crippen LogP contribution in [0.5, 0.6) is 0 Å². The Morgan fingerprint density at radius 3 is 2.62 bits per heavy atom. The van der Waals surface area contributed by atoms with E-state index in [1.54, 1.807) is 0 Å². The van der Waals surface area contributed by atoms with Gasteiger partial charge in [0.2, 0.25) is 0 Å². The van der Waals surface area contributed by atoms with E-state index in [9.17, 15) is 0 Å². The van der Waals surface area contributed by atoms with E-state index in [1.165, 1.54) is 23.7 Å². The zero-order chi connectivity index (χ0) is 11.8. The Bertz CT molecular complexity index is 177. The SMILES string of the molecule is BrC(CCI)C(Br)CCOC1CCCCO1. The predicted octanol–water partition coefficient (Wildman–Crippen LogP) is 4.27. The van der Waals surface area contributed by atoms with Crippen LogP contribution in [-0.4, -0.2) is 33.6 Å². The van der Waals surface area contributed by atoms with Crippen LogP contribution in [-0.2, 0) is 9.47 Å². The lowest BCUT2D eigenvalue weighted by Gasteiger charge is -2.23. The normalized spacial score (nSPS) is 25.3. The van der Waals surface area contributed by atoms with Gasteiger partial charge in [-0.1, -0.05) is 54.5 Å². The van der Waals surface area contributed by atoms with Crippen LogP contribution in [0, 0.1) is 0 Å². The maximum absolute atomic E-state index is 5.71. The highest BCUT2D eigenvalue weighted by molar-refractivity contribution is 14.1. The summed E-state index contributed by atoms with van der Waals surface area (Å²) in [6.45, 7) is 1.64. The summed E-state index contributed by atoms with van der Waals surface area (Å²) < 4.78 is 12.4. The molecule has 2 nitrogen and oxygen atoms in total. The highest BCUT2D eigenvalue weighted by atomic mass is 127. The number of halogens is 3. The van der Waals surface area contributed by atoms with Gasteiger partial charge in [-0.2, -0.15) is 0 Å². The van der Waals surface area contributed by atoms with Gasteiger partial charge in [0.25, 0.3) is 0 Å². The highest BCUT2D eigenvalue weighted by Gasteiger charge is 2.17. The molecule has 0 saturated carbocycles. The third kappa shape index (κ3) is 6.52. The number of ether oxygens (including phenoxy) is 2. The van der Waals surface area contributed by atoms with E-state index in [4.69, 9.17) is 9.47 Å². The second-order valence-corrected chi connectivity index (χ2v) is 7.40. The summed E-state index contributed by atoms with van der Waals surface area (Å²) in [5.41, 5.74) is 0. The van der Waals surface area contributed by atoms with Crippen molar-refractivity contribution >= 4 is 54.5 Å². The van der Waals surface area contributed by atoms with Crippen molar-refractivity contribution in [2.75, 3.05) is 17.6 Å². The van der Waals surface area contributed by atoms with Gasteiger partial charge in [0.1, 0.15) is 0 Å². The molecule has 0 radical (unpaired) electrons. The van der Waals surface area contributed by atoms with Crippen LogP contribution in [0.4, 0.5) is 0 Å². The van der Waals surface area contributed by atoms with Gasteiger partial charge in [0, 0.05) is 20.7 Å². The van der Waals surface area contributed by atoms with Crippen LogP contribution in [0.3, 0.4) is 0 Å². The first-order valence-corrected chi connectivity index (χ1v) is 9.17. The first-order valence-electron chi connectivity index (χ1n) is 5.81. The summed E-state index contributed by atoms with van der Waals surface area (Å²) in [4.78, 5) is 1.03. The topological polar surface area (TPSA) is 18.5 Å². The second-order valence-electron chi connectivity index (χ2n) is 3.97. The molecule has 0 spiro atoms. The molecule has 1 aliphatic heterocycles. The lowest BCUT2D eigenvalue weighted by atomic mass is 10.2. The molecule has 16 heavy (non-hydrogen) atoms. The summed E-state index contributed by atoms with van der Waals surface area (Å²) in [7, 11) is 0. The van der Waals surface area contributed by atoms with Crippen molar-refractivity contribution in [1.82, 2.24) is 0 Å². The van der Waals surface area contributed by atoms with Crippen LogP contribution in [0.25, 0.3) is 0 Å². The quantitative estimate of drug-likeness (QED) is 0.409. The van der Waals surface area contributed by atoms with Gasteiger partial charge >= 0.3 is 0 Å². The Morgan fingerprint density at radius 1 is 1.25 bits per heavy atom. The summed E-state index contributed by atoms with van der Waals surface area (Å²) in [5.74, 6) is 0. The average molecular weight is 470 g/mol. The van der Waals surface area contributed by atoms with E-state index >= 15 is 0 Å². The molecular formula is C11H19Br2IO2. The Kier molecular flexibility index (Phi) is 9.33. The molecule has 1 fully saturated rings. The van der Waals surface area contributed by atoms with Crippen molar-refractivity contribution in [2.24, 2.45) is 0 Å². The molecule has 0 aromatic heterocycles. The van der Waals surface area contributed by atoms with E-state index in [-0.39, 0.29) is 6.29 Å². The molecule has 0 amide bonds. The number of alkyl halides is 3. The fourth-order valence-electron chi connectivity index (χ4n) is 1.62. The zero-order valence-electron chi connectivity index (χ0n) is 9.34. The van der Waals surface area contributed by atoms with Gasteiger partial charge in [-0.3, -0.25) is 0 Å². The highest BCUT2D eigenvalue weighted by Crippen LogP contribution is 2.22. The fraction of sp³-hybridized carbons (Fsp3) is 1.00. The fourth-order valence-corrected chi connectivity index (χ4v) is 4.09. The van der Waals surface area contributed by atoms with Gasteiger partial charge < -0.3 is 9.47 Å². The van der Waals surface area contributed by atoms with Gasteiger partial charge in [0.15, 0.2) is 6.29 Å². The lowest BCUT2D eigenvalue weighted by Crippen LogP contribution is -2.24. The number of hydrogen-bond acceptors (Lipinski definition) is 2. The van der Waals surface area contributed by atoms with Gasteiger partial charge in [0.05, 0.1) is 6.61 Å². The molecule has 5 heteroatoms. The molecule has 1 heterocycles. The van der Waals surface area contributed by atoms with Crippen LogP contribution >= 0.6 is 54.5 Å². The molecule has 0 aliphatic carbocycles. The largest absolute Gasteiger partial charge is 0.353 e. The Labute approximate surface area is 129 Å². The van der Waals surface area contributed by atoms with E-state index in [0.717, 1.165) is 26.1 Å². The molecule has 96 valence electrons. The molecule has 0 aromatic rings. The molecule has 0 N–H and O–H groups in total. The van der Waals surface area contributed by atoms with Crippen LogP contribution in [0.2, 0.25) is 0 Å². The predicted molar refractivity (Wildman–Crippen MR) is 83.1 cm³/mol. The minimum absolute atomic E-state index is 0.0480. The molecular weight excluding hydrogens is 451 g/mol. The van der Waals surface area contributed by atoms with Gasteiger partial charge in [-0.15, -0.1) is 0 Å². The smallest absolute Gasteiger partial charge is 0.157 e. The van der Waals surface area contributed by atoms with E-state index in [2.05, 4.69) is 54.5 Å². The van der Waals surface area contributed by atoms with Crippen molar-refractivity contribution in [3.8, 4) is 0 Å². The van der Waals surface area contributed by atoms with Crippen LogP contribution in [0.1, 0.15) is 32.1 Å². The van der Waals surface area contributed by atoms with Gasteiger partial charge in [-0.25, -0.2) is 0 Å². The first kappa shape index (κ1) is 15.7. The average Bonchev–Trinajstić information content (AvgIpc) is 2.30. The minimum Gasteiger partial charge on any atom is -0.353 e. The molecule has 1 aliphatic rings. The first-order chi connectivity index (χ1) is 7.74. The van der Waals surface area contributed by atoms with E-state index < -0.39 is 0 Å². The summed E-state index contributed by atoms with van der Waals surface area (Å²) in [6, 6.07) is 0. The summed E-state index contributed by atoms with van der Waals surface area (Å²) in [5, 5.41) is 0. The zero-order valence-corrected chi connectivity index (χ0v) is 14.7. The molecule has 0 bridgehead atoms. The standard InChI is InChI=1S/C11H19Br2IO2/c12-9(4-6-14)10(13)5-8-16-11-3-1-2-7-15-11/h9-11H,1-8H2. The molecule has 1 saturated heterocycles. The summed E-state index contributed by atoms with van der Waals surface area (Å²) in [6.07, 6.45) is 5.74. The van der Waals surface area contributed by atoms with E-state index in [0.29, 0.717) is 9.65 Å². The number of rotatable bonds is 7. The maximum atomic E-state index is 5.71. The van der Waals surface area contributed by atoms with Crippen molar-refractivity contribution in [3.63, 3.8) is 0 Å². The second kappa shape index (κ2) is 9.53. The Morgan fingerprint density at radius 2 is 2.00 bits per heavy atom. The minimum atomic E-state index is 0.0480. The molecule has 3 atom stereocenters. The third-order valence-electron chi connectivity index (χ3n) is 2.61. The number of hydrogen-bond donors (Lipinski definition) is 0. The molecule has 1 rings (SSSR count). The van der Waals surface area contributed by atoms with Crippen molar-refractivity contribution in [3.05, 3.63) is 0 Å². The van der Waals surface area contributed by atoms with Crippen molar-refractivity contribution in [2.45, 2.75) is 48.0 Å². The lowest BCUT2D eigenvalue weighted by molar-refractivity contribution is -0.162. The van der Waals surface area contributed by atoms with Crippen molar-refractivity contribution in [1.29, 1.82) is 0 Å². The van der Waals surface area contributed by atoms with Crippen LogP contribution < -0.4 is 0 Å². The summed E-state index contributed by atoms with van der Waals surface area (Å²) >= 11 is 9.80. The monoisotopic (exact) mass is 468 g/mol. The van der Waals surface area contributed by atoms with Crippen LogP contribution in [0.15, 0.2) is 0 Å².